The van der Waals surface area contributed by atoms with Gasteiger partial charge >= 0.3 is 0 Å². The van der Waals surface area contributed by atoms with Crippen molar-refractivity contribution in [1.82, 2.24) is 0 Å². The van der Waals surface area contributed by atoms with Crippen LogP contribution in [0, 0.1) is 0 Å². The monoisotopic (exact) mass is 1050 g/mol. The maximum Gasteiger partial charge on any atom is -0.000696 e. The molecule has 0 fully saturated rings. The maximum absolute atomic E-state index is 2.60. The smallest absolute Gasteiger partial charge is 0.000696 e. The van der Waals surface area contributed by atoms with Crippen molar-refractivity contribution in [3.05, 3.63) is 303 Å². The summed E-state index contributed by atoms with van der Waals surface area (Å²) in [7, 11) is 0. The zero-order chi connectivity index (χ0) is 53.8. The highest BCUT2D eigenvalue weighted by atomic mass is 14.3. The summed E-state index contributed by atoms with van der Waals surface area (Å²) in [5.74, 6) is 0. The third-order valence-corrected chi connectivity index (χ3v) is 17.6. The van der Waals surface area contributed by atoms with Crippen LogP contribution in [-0.2, 0) is 0 Å². The predicted octanol–water partition coefficient (Wildman–Crippen LogP) is 23.8. The van der Waals surface area contributed by atoms with Gasteiger partial charge in [-0.15, -0.1) is 0 Å². The topological polar surface area (TPSA) is 0 Å². The van der Waals surface area contributed by atoms with Crippen molar-refractivity contribution in [2.45, 2.75) is 7.43 Å². The molecule has 0 atom stereocenters. The lowest BCUT2D eigenvalue weighted by Crippen LogP contribution is -1.94. The summed E-state index contributed by atoms with van der Waals surface area (Å²) in [6, 6.07) is 114. The minimum Gasteiger partial charge on any atom is -0.0776 e. The van der Waals surface area contributed by atoms with Crippen molar-refractivity contribution in [3.8, 4) is 89.0 Å². The van der Waals surface area contributed by atoms with Gasteiger partial charge in [-0.05, 0) is 230 Å². The van der Waals surface area contributed by atoms with Crippen LogP contribution < -0.4 is 0 Å². The van der Waals surface area contributed by atoms with Crippen molar-refractivity contribution < 1.29 is 0 Å². The average molecular weight is 1050 g/mol. The maximum atomic E-state index is 2.60. The van der Waals surface area contributed by atoms with Gasteiger partial charge in [-0.3, -0.25) is 0 Å². The van der Waals surface area contributed by atoms with Crippen LogP contribution in [-0.4, -0.2) is 0 Å². The first-order chi connectivity index (χ1) is 40.7. The Bertz CT molecular complexity index is 5220. The van der Waals surface area contributed by atoms with Gasteiger partial charge in [0.1, 0.15) is 0 Å². The molecule has 0 aliphatic rings. The Morgan fingerprint density at radius 1 is 0.145 bits per heavy atom. The van der Waals surface area contributed by atoms with E-state index in [1.165, 1.54) is 175 Å². The van der Waals surface area contributed by atoms with Crippen molar-refractivity contribution in [3.63, 3.8) is 0 Å². The summed E-state index contributed by atoms with van der Waals surface area (Å²) in [6.07, 6.45) is 0. The highest BCUT2D eigenvalue weighted by molar-refractivity contribution is 6.46. The van der Waals surface area contributed by atoms with Gasteiger partial charge in [-0.2, -0.15) is 0 Å². The van der Waals surface area contributed by atoms with Gasteiger partial charge in [0, 0.05) is 0 Å². The van der Waals surface area contributed by atoms with E-state index in [9.17, 15) is 0 Å². The lowest BCUT2D eigenvalue weighted by Gasteiger charge is -2.21. The molecule has 0 nitrogen and oxygen atoms in total. The number of hydrogen-bond acceptors (Lipinski definition) is 0. The molecular weight excluding hydrogens is 997 g/mol. The van der Waals surface area contributed by atoms with E-state index in [0.717, 1.165) is 0 Å². The molecule has 0 aliphatic heterocycles. The molecule has 0 amide bonds. The summed E-state index contributed by atoms with van der Waals surface area (Å²) >= 11 is 0. The van der Waals surface area contributed by atoms with Gasteiger partial charge in [0.15, 0.2) is 0 Å². The van der Waals surface area contributed by atoms with E-state index in [2.05, 4.69) is 303 Å². The summed E-state index contributed by atoms with van der Waals surface area (Å²) < 4.78 is 0. The van der Waals surface area contributed by atoms with Crippen molar-refractivity contribution in [2.24, 2.45) is 0 Å². The van der Waals surface area contributed by atoms with Crippen LogP contribution in [0.2, 0.25) is 0 Å². The Balaban J connectivity index is 0.00000565. The Labute approximate surface area is 483 Å². The van der Waals surface area contributed by atoms with Crippen LogP contribution >= 0.6 is 0 Å². The van der Waals surface area contributed by atoms with Crippen LogP contribution in [0.1, 0.15) is 7.43 Å². The largest absolute Gasteiger partial charge is 0.0776 e. The van der Waals surface area contributed by atoms with Gasteiger partial charge in [0.25, 0.3) is 0 Å². The van der Waals surface area contributed by atoms with Crippen LogP contribution in [0.3, 0.4) is 0 Å². The van der Waals surface area contributed by atoms with Crippen molar-refractivity contribution >= 4 is 86.2 Å². The van der Waals surface area contributed by atoms with Gasteiger partial charge in [0.05, 0.1) is 0 Å². The normalized spacial score (nSPS) is 11.8. The van der Waals surface area contributed by atoms with E-state index < -0.39 is 0 Å². The molecule has 0 bridgehead atoms. The fraction of sp³-hybridized carbons (Fsp3) is 0.0120. The van der Waals surface area contributed by atoms with Gasteiger partial charge in [-0.1, -0.05) is 256 Å². The molecule has 0 saturated heterocycles. The zero-order valence-corrected chi connectivity index (χ0v) is 44.9. The first-order valence-corrected chi connectivity index (χ1v) is 28.6. The third-order valence-electron chi connectivity index (χ3n) is 17.6. The SMILES string of the molecule is C.c1ccc(-c2cc(-c3ccccc3)cc(-c3c4cc5c6ccc(-c7ccccc7-c7ccccc7)cc6c6cccc(c4c(-c4cc(-c7ccccc7)cc(-c7ccccc7)c4)c4c7cc8ccccc8c8cccc(c34)c87)c65)c2)cc1. The van der Waals surface area contributed by atoms with E-state index in [4.69, 9.17) is 0 Å². The second-order valence-corrected chi connectivity index (χ2v) is 22.2. The van der Waals surface area contributed by atoms with E-state index in [1.54, 1.807) is 0 Å². The standard InChI is InChI=1S/C82H50.CH4/c1-6-22-51(23-7-1)58-42-59(52-24-8-2-9-25-52)45-62(44-58)76-75-50-73-67-41-40-57(65-34-19-18-33-64(65)55-30-14-5-15-31-55)48-72(67)69-37-21-38-70(78(69)73)80(75)77(63-46-60(53-26-10-3-11-27-53)43-61(47-63)54-28-12-4-13-29-54)82-74-49-56-32-16-17-35-66(56)68-36-20-39-71(79(68)74)81(76)82;/h1-50H;1H4. The molecule has 0 aromatic heterocycles. The molecule has 0 radical (unpaired) electrons. The van der Waals surface area contributed by atoms with Crippen LogP contribution in [0.4, 0.5) is 0 Å². The second kappa shape index (κ2) is 19.3. The molecule has 0 unspecified atom stereocenters. The quantitative estimate of drug-likeness (QED) is 0.133. The number of hydrogen-bond donors (Lipinski definition) is 0. The molecule has 0 heteroatoms. The first kappa shape index (κ1) is 48.3. The molecule has 17 aromatic rings. The molecule has 17 rings (SSSR count). The molecular formula is C83H54. The van der Waals surface area contributed by atoms with Crippen LogP contribution in [0.15, 0.2) is 303 Å². The highest BCUT2D eigenvalue weighted by Crippen LogP contribution is 2.57. The Hall–Kier alpha value is -10.7. The Kier molecular flexibility index (Phi) is 11.2. The van der Waals surface area contributed by atoms with Gasteiger partial charge < -0.3 is 0 Å². The molecule has 0 saturated carbocycles. The summed E-state index contributed by atoms with van der Waals surface area (Å²) in [6.45, 7) is 0. The molecule has 0 N–H and O–H groups in total. The summed E-state index contributed by atoms with van der Waals surface area (Å²) in [5, 5.41) is 20.3. The molecule has 83 heavy (non-hydrogen) atoms. The zero-order valence-electron chi connectivity index (χ0n) is 44.9. The van der Waals surface area contributed by atoms with E-state index in [-0.39, 0.29) is 7.43 Å². The number of fused-ring (bicyclic) bond motifs is 10. The van der Waals surface area contributed by atoms with E-state index in [1.807, 2.05) is 0 Å². The molecule has 386 valence electrons. The summed E-state index contributed by atoms with van der Waals surface area (Å²) in [4.78, 5) is 0. The highest BCUT2D eigenvalue weighted by Gasteiger charge is 2.28. The van der Waals surface area contributed by atoms with Crippen LogP contribution in [0.25, 0.3) is 175 Å². The minimum atomic E-state index is 0. The molecule has 17 aromatic carbocycles. The van der Waals surface area contributed by atoms with Crippen molar-refractivity contribution in [2.75, 3.05) is 0 Å². The molecule has 0 spiro atoms. The fourth-order valence-corrected chi connectivity index (χ4v) is 14.1. The van der Waals surface area contributed by atoms with Crippen LogP contribution in [0.5, 0.6) is 0 Å². The van der Waals surface area contributed by atoms with E-state index in [0.29, 0.717) is 0 Å². The predicted molar refractivity (Wildman–Crippen MR) is 359 cm³/mol. The van der Waals surface area contributed by atoms with E-state index >= 15 is 0 Å². The summed E-state index contributed by atoms with van der Waals surface area (Å²) in [5.41, 5.74) is 19.3. The lowest BCUT2D eigenvalue weighted by molar-refractivity contribution is 1.58. The van der Waals surface area contributed by atoms with Gasteiger partial charge in [0.2, 0.25) is 0 Å². The number of rotatable bonds is 8. The second-order valence-electron chi connectivity index (χ2n) is 22.2. The molecule has 0 heterocycles. The molecule has 0 aliphatic carbocycles. The third kappa shape index (κ3) is 7.61. The van der Waals surface area contributed by atoms with Gasteiger partial charge in [-0.25, -0.2) is 0 Å². The number of benzene rings is 15. The average Bonchev–Trinajstić information content (AvgIpc) is 1.68. The van der Waals surface area contributed by atoms with Crippen molar-refractivity contribution in [1.29, 1.82) is 0 Å². The lowest BCUT2D eigenvalue weighted by atomic mass is 9.81. The Morgan fingerprint density at radius 3 is 1.10 bits per heavy atom. The first-order valence-electron chi connectivity index (χ1n) is 28.6. The minimum absolute atomic E-state index is 0. The fourth-order valence-electron chi connectivity index (χ4n) is 14.1. The Morgan fingerprint density at radius 2 is 0.542 bits per heavy atom.